The monoisotopic (exact) mass is 267 g/mol. The third-order valence-electron chi connectivity index (χ3n) is 4.19. The first kappa shape index (κ1) is 11.0. The van der Waals surface area contributed by atoms with Gasteiger partial charge in [-0.05, 0) is 43.9 Å². The lowest BCUT2D eigenvalue weighted by Gasteiger charge is -2.35. The largest absolute Gasteiger partial charge is 0.290 e. The Morgan fingerprint density at radius 2 is 2.26 bits per heavy atom. The second kappa shape index (κ2) is 3.58. The molecule has 4 heteroatoms. The fraction of sp³-hybridized carbons (Fsp3) is 0.333. The molecule has 4 rings (SSSR count). The zero-order chi connectivity index (χ0) is 13.0. The van der Waals surface area contributed by atoms with Crippen LogP contribution in [0, 0.1) is 18.3 Å². The van der Waals surface area contributed by atoms with E-state index >= 15 is 0 Å². The van der Waals surface area contributed by atoms with E-state index in [9.17, 15) is 5.26 Å². The van der Waals surface area contributed by atoms with Gasteiger partial charge in [0.2, 0.25) is 0 Å². The molecule has 0 amide bonds. The van der Waals surface area contributed by atoms with E-state index in [1.54, 1.807) is 11.3 Å². The molecule has 0 bridgehead atoms. The second-order valence-corrected chi connectivity index (χ2v) is 6.38. The number of nitrogens with zero attached hydrogens (tertiary/aromatic N) is 3. The van der Waals surface area contributed by atoms with Crippen molar-refractivity contribution in [3.8, 4) is 6.07 Å². The summed E-state index contributed by atoms with van der Waals surface area (Å²) in [5.74, 6) is 0. The number of fused-ring (bicyclic) bond motifs is 3. The topological polar surface area (TPSA) is 41.1 Å². The number of hydrogen-bond donors (Lipinski definition) is 0. The first-order valence-electron chi connectivity index (χ1n) is 6.52. The Bertz CT molecular complexity index is 830. The molecule has 3 nitrogen and oxygen atoms in total. The number of nitriles is 1. The van der Waals surface area contributed by atoms with Crippen LogP contribution in [0.15, 0.2) is 24.4 Å². The number of aryl methyl sites for hydroxylation is 1. The van der Waals surface area contributed by atoms with Crippen LogP contribution in [-0.2, 0) is 5.41 Å². The molecule has 0 atom stereocenters. The maximum Gasteiger partial charge on any atom is 0.194 e. The van der Waals surface area contributed by atoms with Gasteiger partial charge in [0.1, 0.15) is 0 Å². The van der Waals surface area contributed by atoms with E-state index in [4.69, 9.17) is 0 Å². The molecule has 1 fully saturated rings. The van der Waals surface area contributed by atoms with Crippen LogP contribution in [-0.4, -0.2) is 9.38 Å². The molecule has 1 aliphatic carbocycles. The van der Waals surface area contributed by atoms with E-state index in [0.717, 1.165) is 23.5 Å². The van der Waals surface area contributed by atoms with E-state index in [1.807, 2.05) is 6.92 Å². The molecule has 94 valence electrons. The Morgan fingerprint density at radius 3 is 2.95 bits per heavy atom. The van der Waals surface area contributed by atoms with Gasteiger partial charge in [-0.15, -0.1) is 0 Å². The number of rotatable bonds is 1. The number of thiazole rings is 1. The SMILES string of the molecule is Cc1cn2c(n1)sc1cc(C3(C#N)CCC3)ccc12. The summed E-state index contributed by atoms with van der Waals surface area (Å²) in [5, 5.41) is 9.43. The van der Waals surface area contributed by atoms with Gasteiger partial charge < -0.3 is 0 Å². The fourth-order valence-corrected chi connectivity index (χ4v) is 4.00. The summed E-state index contributed by atoms with van der Waals surface area (Å²) in [6.07, 6.45) is 5.23. The van der Waals surface area contributed by atoms with Crippen LogP contribution < -0.4 is 0 Å². The van der Waals surface area contributed by atoms with Crippen molar-refractivity contribution >= 4 is 26.5 Å². The van der Waals surface area contributed by atoms with Gasteiger partial charge in [-0.1, -0.05) is 17.4 Å². The highest BCUT2D eigenvalue weighted by molar-refractivity contribution is 7.23. The lowest BCUT2D eigenvalue weighted by molar-refractivity contribution is 0.324. The van der Waals surface area contributed by atoms with Crippen molar-refractivity contribution in [2.45, 2.75) is 31.6 Å². The van der Waals surface area contributed by atoms with Crippen LogP contribution in [0.5, 0.6) is 0 Å². The van der Waals surface area contributed by atoms with E-state index < -0.39 is 0 Å². The third-order valence-corrected chi connectivity index (χ3v) is 5.21. The number of hydrogen-bond acceptors (Lipinski definition) is 3. The van der Waals surface area contributed by atoms with Crippen molar-refractivity contribution in [2.75, 3.05) is 0 Å². The van der Waals surface area contributed by atoms with Crippen molar-refractivity contribution in [1.82, 2.24) is 9.38 Å². The van der Waals surface area contributed by atoms with Gasteiger partial charge in [0.25, 0.3) is 0 Å². The Kier molecular flexibility index (Phi) is 2.07. The van der Waals surface area contributed by atoms with Gasteiger partial charge in [0.05, 0.1) is 27.4 Å². The summed E-state index contributed by atoms with van der Waals surface area (Å²) in [4.78, 5) is 5.54. The zero-order valence-electron chi connectivity index (χ0n) is 10.7. The molecule has 1 aromatic carbocycles. The summed E-state index contributed by atoms with van der Waals surface area (Å²) >= 11 is 1.70. The quantitative estimate of drug-likeness (QED) is 0.673. The van der Waals surface area contributed by atoms with Crippen LogP contribution in [0.4, 0.5) is 0 Å². The first-order chi connectivity index (χ1) is 9.22. The molecule has 0 spiro atoms. The molecular weight excluding hydrogens is 254 g/mol. The number of aromatic nitrogens is 2. The minimum absolute atomic E-state index is 0.226. The zero-order valence-corrected chi connectivity index (χ0v) is 11.5. The molecule has 2 heterocycles. The Hall–Kier alpha value is -1.86. The van der Waals surface area contributed by atoms with Crippen LogP contribution in [0.2, 0.25) is 0 Å². The molecule has 0 radical (unpaired) electrons. The van der Waals surface area contributed by atoms with Gasteiger partial charge in [-0.25, -0.2) is 4.98 Å². The molecule has 3 aromatic rings. The van der Waals surface area contributed by atoms with Crippen molar-refractivity contribution in [3.63, 3.8) is 0 Å². The Balaban J connectivity index is 1.95. The third kappa shape index (κ3) is 1.39. The van der Waals surface area contributed by atoms with Crippen molar-refractivity contribution in [1.29, 1.82) is 5.26 Å². The lowest BCUT2D eigenvalue weighted by atomic mass is 9.65. The predicted molar refractivity (Wildman–Crippen MR) is 76.5 cm³/mol. The molecule has 0 aliphatic heterocycles. The highest BCUT2D eigenvalue weighted by Gasteiger charge is 2.39. The maximum atomic E-state index is 9.43. The summed E-state index contributed by atoms with van der Waals surface area (Å²) < 4.78 is 3.36. The average molecular weight is 267 g/mol. The summed E-state index contributed by atoms with van der Waals surface area (Å²) in [6, 6.07) is 8.95. The van der Waals surface area contributed by atoms with Crippen LogP contribution in [0.25, 0.3) is 15.2 Å². The van der Waals surface area contributed by atoms with Gasteiger partial charge in [0, 0.05) is 6.20 Å². The van der Waals surface area contributed by atoms with Crippen molar-refractivity contribution < 1.29 is 0 Å². The van der Waals surface area contributed by atoms with Crippen LogP contribution >= 0.6 is 11.3 Å². The smallest absolute Gasteiger partial charge is 0.194 e. The van der Waals surface area contributed by atoms with Gasteiger partial charge in [-0.3, -0.25) is 4.40 Å². The minimum atomic E-state index is -0.226. The summed E-state index contributed by atoms with van der Waals surface area (Å²) in [6.45, 7) is 2.01. The Morgan fingerprint density at radius 1 is 1.42 bits per heavy atom. The summed E-state index contributed by atoms with van der Waals surface area (Å²) in [5.41, 5.74) is 3.19. The van der Waals surface area contributed by atoms with Crippen LogP contribution in [0.1, 0.15) is 30.5 Å². The van der Waals surface area contributed by atoms with E-state index in [1.165, 1.54) is 22.2 Å². The molecule has 1 aliphatic rings. The van der Waals surface area contributed by atoms with Crippen LogP contribution in [0.3, 0.4) is 0 Å². The minimum Gasteiger partial charge on any atom is -0.290 e. The van der Waals surface area contributed by atoms with Crippen molar-refractivity contribution in [3.05, 3.63) is 35.7 Å². The highest BCUT2D eigenvalue weighted by Crippen LogP contribution is 2.44. The van der Waals surface area contributed by atoms with Crippen molar-refractivity contribution in [2.24, 2.45) is 0 Å². The number of imidazole rings is 1. The van der Waals surface area contributed by atoms with Gasteiger partial charge in [0.15, 0.2) is 4.96 Å². The molecule has 0 saturated heterocycles. The van der Waals surface area contributed by atoms with E-state index in [-0.39, 0.29) is 5.41 Å². The molecule has 0 unspecified atom stereocenters. The molecule has 19 heavy (non-hydrogen) atoms. The highest BCUT2D eigenvalue weighted by atomic mass is 32.1. The predicted octanol–water partition coefficient (Wildman–Crippen LogP) is 3.80. The standard InChI is InChI=1S/C15H13N3S/c1-10-8-18-12-4-3-11(15(9-16)5-2-6-15)7-13(12)19-14(18)17-10/h3-4,7-8H,2,5-6H2,1H3. The average Bonchev–Trinajstić information content (AvgIpc) is 2.83. The summed E-state index contributed by atoms with van der Waals surface area (Å²) in [7, 11) is 0. The number of benzene rings is 1. The van der Waals surface area contributed by atoms with E-state index in [0.29, 0.717) is 0 Å². The Labute approximate surface area is 115 Å². The molecule has 1 saturated carbocycles. The fourth-order valence-electron chi connectivity index (χ4n) is 2.91. The first-order valence-corrected chi connectivity index (χ1v) is 7.33. The molecular formula is C15H13N3S. The van der Waals surface area contributed by atoms with E-state index in [2.05, 4.69) is 39.8 Å². The van der Waals surface area contributed by atoms with Gasteiger partial charge >= 0.3 is 0 Å². The normalized spacial score (nSPS) is 17.5. The second-order valence-electron chi connectivity index (χ2n) is 5.37. The molecule has 2 aromatic heterocycles. The lowest BCUT2D eigenvalue weighted by Crippen LogP contribution is -2.32. The molecule has 0 N–H and O–H groups in total. The maximum absolute atomic E-state index is 9.43. The van der Waals surface area contributed by atoms with Gasteiger partial charge in [-0.2, -0.15) is 5.26 Å².